The fourth-order valence-corrected chi connectivity index (χ4v) is 1.57. The number of aliphatic hydroxyl groups is 1. The molecule has 0 amide bonds. The van der Waals surface area contributed by atoms with E-state index in [-0.39, 0.29) is 0 Å². The zero-order valence-electron chi connectivity index (χ0n) is 9.70. The first-order valence-corrected chi connectivity index (χ1v) is 5.06. The highest BCUT2D eigenvalue weighted by Crippen LogP contribution is 2.36. The van der Waals surface area contributed by atoms with Crippen LogP contribution in [0.5, 0.6) is 11.5 Å². The monoisotopic (exact) mass is 210 g/mol. The van der Waals surface area contributed by atoms with Crippen molar-refractivity contribution in [2.24, 2.45) is 0 Å². The fourth-order valence-electron chi connectivity index (χ4n) is 1.57. The predicted octanol–water partition coefficient (Wildman–Crippen LogP) is 2.32. The molecule has 84 valence electrons. The van der Waals surface area contributed by atoms with Crippen LogP contribution in [0.2, 0.25) is 0 Å². The molecular weight excluding hydrogens is 192 g/mol. The predicted molar refractivity (Wildman–Crippen MR) is 59.6 cm³/mol. The Balaban J connectivity index is 3.32. The van der Waals surface area contributed by atoms with Crippen molar-refractivity contribution in [3.63, 3.8) is 0 Å². The Morgan fingerprint density at radius 2 is 1.93 bits per heavy atom. The first kappa shape index (κ1) is 11.9. The molecule has 1 N–H and O–H groups in total. The molecule has 0 aliphatic carbocycles. The lowest BCUT2D eigenvalue weighted by molar-refractivity contribution is 0.193. The van der Waals surface area contributed by atoms with E-state index < -0.39 is 6.10 Å². The van der Waals surface area contributed by atoms with Crippen LogP contribution in [0.25, 0.3) is 0 Å². The quantitative estimate of drug-likeness (QED) is 0.828. The molecular formula is C12H18O3. The first-order valence-electron chi connectivity index (χ1n) is 5.06. The summed E-state index contributed by atoms with van der Waals surface area (Å²) >= 11 is 0. The van der Waals surface area contributed by atoms with Gasteiger partial charge in [0.25, 0.3) is 0 Å². The molecule has 0 fully saturated rings. The number of hydrogen-bond acceptors (Lipinski definition) is 3. The summed E-state index contributed by atoms with van der Waals surface area (Å²) in [5.74, 6) is 1.29. The minimum atomic E-state index is -0.555. The molecule has 0 bridgehead atoms. The van der Waals surface area contributed by atoms with Crippen LogP contribution < -0.4 is 9.47 Å². The minimum Gasteiger partial charge on any atom is -0.493 e. The minimum absolute atomic E-state index is 0.555. The standard InChI is InChI=1S/C12H18O3/c1-5-9-6-10(8(2)13)12(15-4)11(7-9)14-3/h6-8,13H,5H2,1-4H3. The van der Waals surface area contributed by atoms with Gasteiger partial charge in [0, 0.05) is 5.56 Å². The SMILES string of the molecule is CCc1cc(OC)c(OC)c(C(C)O)c1. The van der Waals surface area contributed by atoms with Gasteiger partial charge in [-0.25, -0.2) is 0 Å². The number of rotatable bonds is 4. The summed E-state index contributed by atoms with van der Waals surface area (Å²) in [6.07, 6.45) is 0.348. The van der Waals surface area contributed by atoms with E-state index in [9.17, 15) is 5.11 Å². The maximum absolute atomic E-state index is 9.64. The zero-order chi connectivity index (χ0) is 11.4. The van der Waals surface area contributed by atoms with Crippen molar-refractivity contribution < 1.29 is 14.6 Å². The van der Waals surface area contributed by atoms with E-state index in [0.717, 1.165) is 17.5 Å². The summed E-state index contributed by atoms with van der Waals surface area (Å²) in [7, 11) is 3.18. The van der Waals surface area contributed by atoms with Crippen LogP contribution in [0, 0.1) is 0 Å². The molecule has 0 radical (unpaired) electrons. The average Bonchev–Trinajstić information content (AvgIpc) is 2.26. The Labute approximate surface area is 90.6 Å². The van der Waals surface area contributed by atoms with Crippen molar-refractivity contribution in [1.29, 1.82) is 0 Å². The lowest BCUT2D eigenvalue weighted by atomic mass is 10.0. The van der Waals surface area contributed by atoms with Crippen LogP contribution in [-0.2, 0) is 6.42 Å². The summed E-state index contributed by atoms with van der Waals surface area (Å²) in [5.41, 5.74) is 1.90. The van der Waals surface area contributed by atoms with E-state index in [2.05, 4.69) is 6.92 Å². The maximum atomic E-state index is 9.64. The first-order chi connectivity index (χ1) is 7.13. The van der Waals surface area contributed by atoms with Crippen LogP contribution in [-0.4, -0.2) is 19.3 Å². The third-order valence-corrected chi connectivity index (χ3v) is 2.43. The molecule has 0 aliphatic heterocycles. The molecule has 1 rings (SSSR count). The van der Waals surface area contributed by atoms with Gasteiger partial charge in [-0.3, -0.25) is 0 Å². The molecule has 0 aromatic heterocycles. The normalized spacial score (nSPS) is 12.3. The van der Waals surface area contributed by atoms with Crippen molar-refractivity contribution in [2.45, 2.75) is 26.4 Å². The van der Waals surface area contributed by atoms with E-state index in [1.807, 2.05) is 12.1 Å². The topological polar surface area (TPSA) is 38.7 Å². The van der Waals surface area contributed by atoms with Crippen molar-refractivity contribution in [3.05, 3.63) is 23.3 Å². The second kappa shape index (κ2) is 5.03. The van der Waals surface area contributed by atoms with Crippen LogP contribution in [0.15, 0.2) is 12.1 Å². The average molecular weight is 210 g/mol. The van der Waals surface area contributed by atoms with Gasteiger partial charge >= 0.3 is 0 Å². The van der Waals surface area contributed by atoms with Gasteiger partial charge in [-0.05, 0) is 31.0 Å². The largest absolute Gasteiger partial charge is 0.493 e. The summed E-state index contributed by atoms with van der Waals surface area (Å²) < 4.78 is 10.5. The molecule has 1 aromatic carbocycles. The summed E-state index contributed by atoms with van der Waals surface area (Å²) in [6, 6.07) is 3.89. The Kier molecular flexibility index (Phi) is 3.97. The molecule has 15 heavy (non-hydrogen) atoms. The molecule has 0 heterocycles. The van der Waals surface area contributed by atoms with Gasteiger partial charge in [-0.2, -0.15) is 0 Å². The van der Waals surface area contributed by atoms with Crippen LogP contribution in [0.4, 0.5) is 0 Å². The van der Waals surface area contributed by atoms with Gasteiger partial charge in [0.2, 0.25) is 0 Å². The summed E-state index contributed by atoms with van der Waals surface area (Å²) in [6.45, 7) is 3.78. The molecule has 1 unspecified atom stereocenters. The number of ether oxygens (including phenoxy) is 2. The third kappa shape index (κ3) is 2.42. The highest BCUT2D eigenvalue weighted by atomic mass is 16.5. The van der Waals surface area contributed by atoms with Crippen LogP contribution in [0.1, 0.15) is 31.1 Å². The summed E-state index contributed by atoms with van der Waals surface area (Å²) in [5, 5.41) is 9.64. The Bertz CT molecular complexity index is 332. The number of methoxy groups -OCH3 is 2. The van der Waals surface area contributed by atoms with Crippen molar-refractivity contribution in [3.8, 4) is 11.5 Å². The van der Waals surface area contributed by atoms with Gasteiger partial charge < -0.3 is 14.6 Å². The maximum Gasteiger partial charge on any atom is 0.166 e. The summed E-state index contributed by atoms with van der Waals surface area (Å²) in [4.78, 5) is 0. The van der Waals surface area contributed by atoms with Gasteiger partial charge in [0.05, 0.1) is 20.3 Å². The lowest BCUT2D eigenvalue weighted by Gasteiger charge is -2.16. The Morgan fingerprint density at radius 1 is 1.27 bits per heavy atom. The molecule has 0 aliphatic rings. The second-order valence-corrected chi connectivity index (χ2v) is 3.45. The highest BCUT2D eigenvalue weighted by Gasteiger charge is 2.15. The smallest absolute Gasteiger partial charge is 0.166 e. The third-order valence-electron chi connectivity index (χ3n) is 2.43. The van der Waals surface area contributed by atoms with E-state index in [0.29, 0.717) is 11.5 Å². The van der Waals surface area contributed by atoms with Gasteiger partial charge in [-0.15, -0.1) is 0 Å². The number of benzene rings is 1. The van der Waals surface area contributed by atoms with E-state index in [1.165, 1.54) is 0 Å². The van der Waals surface area contributed by atoms with Gasteiger partial charge in [0.1, 0.15) is 0 Å². The van der Waals surface area contributed by atoms with Crippen molar-refractivity contribution in [1.82, 2.24) is 0 Å². The zero-order valence-corrected chi connectivity index (χ0v) is 9.70. The molecule has 0 saturated heterocycles. The lowest BCUT2D eigenvalue weighted by Crippen LogP contribution is -2.01. The molecule has 3 heteroatoms. The molecule has 1 atom stereocenters. The Hall–Kier alpha value is -1.22. The van der Waals surface area contributed by atoms with E-state index in [1.54, 1.807) is 21.1 Å². The van der Waals surface area contributed by atoms with Crippen molar-refractivity contribution >= 4 is 0 Å². The fraction of sp³-hybridized carbons (Fsp3) is 0.500. The van der Waals surface area contributed by atoms with Gasteiger partial charge in [0.15, 0.2) is 11.5 Å². The van der Waals surface area contributed by atoms with Crippen LogP contribution >= 0.6 is 0 Å². The number of aryl methyl sites for hydroxylation is 1. The number of aliphatic hydroxyl groups excluding tert-OH is 1. The van der Waals surface area contributed by atoms with E-state index >= 15 is 0 Å². The number of hydrogen-bond donors (Lipinski definition) is 1. The molecule has 3 nitrogen and oxygen atoms in total. The van der Waals surface area contributed by atoms with Crippen molar-refractivity contribution in [2.75, 3.05) is 14.2 Å². The van der Waals surface area contributed by atoms with Crippen LogP contribution in [0.3, 0.4) is 0 Å². The molecule has 0 spiro atoms. The highest BCUT2D eigenvalue weighted by molar-refractivity contribution is 5.50. The molecule has 1 aromatic rings. The second-order valence-electron chi connectivity index (χ2n) is 3.45. The van der Waals surface area contributed by atoms with Gasteiger partial charge in [-0.1, -0.05) is 6.92 Å². The van der Waals surface area contributed by atoms with E-state index in [4.69, 9.17) is 9.47 Å². The Morgan fingerprint density at radius 3 is 2.33 bits per heavy atom. The molecule has 0 saturated carbocycles.